The number of benzene rings is 2. The fraction of sp³-hybridized carbons (Fsp3) is 0.150. The summed E-state index contributed by atoms with van der Waals surface area (Å²) in [5.74, 6) is -2.92. The van der Waals surface area contributed by atoms with Crippen molar-refractivity contribution in [3.8, 4) is 0 Å². The van der Waals surface area contributed by atoms with Gasteiger partial charge in [0.2, 0.25) is 11.9 Å². The molecule has 160 valence electrons. The van der Waals surface area contributed by atoms with Crippen LogP contribution in [0.5, 0.6) is 0 Å². The second kappa shape index (κ2) is 10.1. The molecule has 0 saturated carbocycles. The summed E-state index contributed by atoms with van der Waals surface area (Å²) < 4.78 is 31.5. The van der Waals surface area contributed by atoms with Crippen molar-refractivity contribution in [3.63, 3.8) is 0 Å². The van der Waals surface area contributed by atoms with Crippen molar-refractivity contribution in [2.45, 2.75) is 13.0 Å². The summed E-state index contributed by atoms with van der Waals surface area (Å²) >= 11 is 0. The third-order valence-electron chi connectivity index (χ3n) is 3.88. The molecule has 1 heterocycles. The highest BCUT2D eigenvalue weighted by Gasteiger charge is 2.13. The number of para-hydroxylation sites is 1. The number of nitrogen functional groups attached to an aromatic ring is 1. The maximum absolute atomic E-state index is 13.6. The number of aromatic nitrogens is 3. The van der Waals surface area contributed by atoms with Crippen LogP contribution in [0.2, 0.25) is 0 Å². The van der Waals surface area contributed by atoms with E-state index in [4.69, 9.17) is 10.5 Å². The van der Waals surface area contributed by atoms with Gasteiger partial charge in [-0.1, -0.05) is 18.2 Å². The van der Waals surface area contributed by atoms with Crippen LogP contribution in [0.1, 0.15) is 22.6 Å². The number of amides is 1. The Morgan fingerprint density at radius 1 is 1.03 bits per heavy atom. The van der Waals surface area contributed by atoms with Crippen molar-refractivity contribution in [3.05, 3.63) is 71.6 Å². The number of halogens is 2. The van der Waals surface area contributed by atoms with Gasteiger partial charge in [0.25, 0.3) is 5.91 Å². The number of carbonyl (C=O) groups excluding carboxylic acids is 2. The third kappa shape index (κ3) is 6.42. The summed E-state index contributed by atoms with van der Waals surface area (Å²) in [5, 5.41) is 5.32. The van der Waals surface area contributed by atoms with Crippen molar-refractivity contribution in [1.29, 1.82) is 0 Å². The van der Waals surface area contributed by atoms with E-state index in [0.717, 1.165) is 17.8 Å². The van der Waals surface area contributed by atoms with Gasteiger partial charge < -0.3 is 21.1 Å². The number of ether oxygens (including phenoxy) is 1. The number of rotatable bonds is 8. The Kier molecular flexibility index (Phi) is 6.99. The zero-order valence-corrected chi connectivity index (χ0v) is 16.1. The monoisotopic (exact) mass is 428 g/mol. The van der Waals surface area contributed by atoms with Crippen LogP contribution in [-0.2, 0) is 16.1 Å². The molecular weight excluding hydrogens is 410 g/mol. The molecule has 1 aromatic heterocycles. The van der Waals surface area contributed by atoms with Gasteiger partial charge >= 0.3 is 5.97 Å². The molecule has 4 N–H and O–H groups in total. The molecule has 0 unspecified atom stereocenters. The van der Waals surface area contributed by atoms with Crippen LogP contribution < -0.4 is 16.4 Å². The topological polar surface area (TPSA) is 132 Å². The van der Waals surface area contributed by atoms with E-state index in [0.29, 0.717) is 6.07 Å². The Labute approximate surface area is 175 Å². The van der Waals surface area contributed by atoms with Crippen molar-refractivity contribution in [1.82, 2.24) is 20.3 Å². The van der Waals surface area contributed by atoms with Crippen LogP contribution in [0.4, 0.5) is 26.4 Å². The minimum atomic E-state index is -0.993. The minimum Gasteiger partial charge on any atom is -0.457 e. The van der Waals surface area contributed by atoms with Gasteiger partial charge in [-0.2, -0.15) is 15.0 Å². The average molecular weight is 428 g/mol. The maximum Gasteiger partial charge on any atom is 0.308 e. The first-order valence-electron chi connectivity index (χ1n) is 9.12. The highest BCUT2D eigenvalue weighted by Crippen LogP contribution is 2.13. The first kappa shape index (κ1) is 21.6. The Balaban J connectivity index is 1.47. The minimum absolute atomic E-state index is 0.0481. The molecule has 0 aliphatic carbocycles. The lowest BCUT2D eigenvalue weighted by molar-refractivity contribution is -0.145. The molecule has 0 aliphatic heterocycles. The van der Waals surface area contributed by atoms with Gasteiger partial charge in [-0.3, -0.25) is 9.59 Å². The Morgan fingerprint density at radius 2 is 1.81 bits per heavy atom. The smallest absolute Gasteiger partial charge is 0.308 e. The van der Waals surface area contributed by atoms with Crippen LogP contribution in [0, 0.1) is 11.6 Å². The van der Waals surface area contributed by atoms with Gasteiger partial charge in [0, 0.05) is 18.3 Å². The molecule has 0 aliphatic rings. The highest BCUT2D eigenvalue weighted by molar-refractivity contribution is 5.94. The number of nitrogens with two attached hydrogens (primary N) is 1. The lowest BCUT2D eigenvalue weighted by Gasteiger charge is -2.09. The number of anilines is 3. The number of carbonyl (C=O) groups is 2. The number of nitrogens with one attached hydrogen (secondary N) is 2. The largest absolute Gasteiger partial charge is 0.457 e. The summed E-state index contributed by atoms with van der Waals surface area (Å²) in [7, 11) is 0. The van der Waals surface area contributed by atoms with Gasteiger partial charge in [0.1, 0.15) is 11.6 Å². The number of hydrogen-bond acceptors (Lipinski definition) is 8. The fourth-order valence-electron chi connectivity index (χ4n) is 2.47. The quantitative estimate of drug-likeness (QED) is 0.466. The summed E-state index contributed by atoms with van der Waals surface area (Å²) in [5.41, 5.74) is 6.08. The number of nitrogens with zero attached hydrogens (tertiary/aromatic N) is 3. The zero-order chi connectivity index (χ0) is 22.2. The molecule has 0 spiro atoms. The molecular formula is C20H18F2N6O3. The summed E-state index contributed by atoms with van der Waals surface area (Å²) in [6.45, 7) is -0.357. The molecule has 11 heteroatoms. The molecule has 0 fully saturated rings. The van der Waals surface area contributed by atoms with Crippen LogP contribution in [0.3, 0.4) is 0 Å². The molecule has 3 rings (SSSR count). The molecule has 0 radical (unpaired) electrons. The van der Waals surface area contributed by atoms with Crippen LogP contribution in [0.25, 0.3) is 0 Å². The molecule has 9 nitrogen and oxygen atoms in total. The molecule has 0 saturated heterocycles. The first-order chi connectivity index (χ1) is 14.9. The van der Waals surface area contributed by atoms with Gasteiger partial charge in [-0.25, -0.2) is 8.78 Å². The van der Waals surface area contributed by atoms with E-state index < -0.39 is 23.5 Å². The predicted octanol–water partition coefficient (Wildman–Crippen LogP) is 2.34. The summed E-state index contributed by atoms with van der Waals surface area (Å²) in [6.07, 6.45) is -0.176. The third-order valence-corrected chi connectivity index (χ3v) is 3.88. The van der Waals surface area contributed by atoms with Crippen molar-refractivity contribution < 1.29 is 23.1 Å². The van der Waals surface area contributed by atoms with Crippen LogP contribution >= 0.6 is 0 Å². The van der Waals surface area contributed by atoms with E-state index in [1.807, 2.05) is 30.3 Å². The second-order valence-electron chi connectivity index (χ2n) is 6.22. The Hall–Kier alpha value is -4.15. The van der Waals surface area contributed by atoms with E-state index in [9.17, 15) is 18.4 Å². The second-order valence-corrected chi connectivity index (χ2v) is 6.22. The lowest BCUT2D eigenvalue weighted by atomic mass is 10.2. The highest BCUT2D eigenvalue weighted by atomic mass is 19.1. The number of hydrogen-bond donors (Lipinski definition) is 3. The zero-order valence-electron chi connectivity index (χ0n) is 16.1. The van der Waals surface area contributed by atoms with Crippen LogP contribution in [-0.4, -0.2) is 33.4 Å². The van der Waals surface area contributed by atoms with Gasteiger partial charge in [-0.15, -0.1) is 0 Å². The molecule has 1 amide bonds. The van der Waals surface area contributed by atoms with E-state index in [1.165, 1.54) is 0 Å². The first-order valence-corrected chi connectivity index (χ1v) is 9.12. The lowest BCUT2D eigenvalue weighted by Crippen LogP contribution is -2.27. The molecule has 0 atom stereocenters. The Morgan fingerprint density at radius 3 is 2.55 bits per heavy atom. The van der Waals surface area contributed by atoms with Crippen molar-refractivity contribution in [2.24, 2.45) is 0 Å². The molecule has 31 heavy (non-hydrogen) atoms. The Bertz CT molecular complexity index is 1080. The van der Waals surface area contributed by atoms with Gasteiger partial charge in [-0.05, 0) is 24.3 Å². The predicted molar refractivity (Wildman–Crippen MR) is 107 cm³/mol. The van der Waals surface area contributed by atoms with Gasteiger partial charge in [0.15, 0.2) is 12.4 Å². The maximum atomic E-state index is 13.6. The average Bonchev–Trinajstić information content (AvgIpc) is 2.72. The summed E-state index contributed by atoms with van der Waals surface area (Å²) in [6, 6.07) is 11.7. The fourth-order valence-corrected chi connectivity index (χ4v) is 2.47. The standard InChI is InChI=1S/C20H18F2N6O3/c21-12-6-7-14(15(22)10-12)18(30)24-9-8-17(29)31-11-16-26-19(23)28-20(27-16)25-13-4-2-1-3-5-13/h1-7,10H,8-9,11H2,(H,24,30)(H3,23,25,26,27,28). The van der Waals surface area contributed by atoms with E-state index in [2.05, 4.69) is 25.6 Å². The number of esters is 1. The molecule has 2 aromatic carbocycles. The molecule has 0 bridgehead atoms. The molecule has 3 aromatic rings. The SMILES string of the molecule is Nc1nc(COC(=O)CCNC(=O)c2ccc(F)cc2F)nc(Nc2ccccc2)n1. The van der Waals surface area contributed by atoms with Crippen molar-refractivity contribution in [2.75, 3.05) is 17.6 Å². The summed E-state index contributed by atoms with van der Waals surface area (Å²) in [4.78, 5) is 35.8. The normalized spacial score (nSPS) is 10.4. The van der Waals surface area contributed by atoms with Crippen LogP contribution in [0.15, 0.2) is 48.5 Å². The van der Waals surface area contributed by atoms with E-state index >= 15 is 0 Å². The van der Waals surface area contributed by atoms with Crippen molar-refractivity contribution >= 4 is 29.5 Å². The van der Waals surface area contributed by atoms with Gasteiger partial charge in [0.05, 0.1) is 12.0 Å². The van der Waals surface area contributed by atoms with E-state index in [-0.39, 0.29) is 42.9 Å². The van der Waals surface area contributed by atoms with E-state index in [1.54, 1.807) is 0 Å².